The van der Waals surface area contributed by atoms with Crippen molar-refractivity contribution in [3.05, 3.63) is 33.7 Å². The Labute approximate surface area is 76.0 Å². The molecule has 0 aromatic carbocycles. The molecule has 0 aliphatic heterocycles. The van der Waals surface area contributed by atoms with Crippen LogP contribution < -0.4 is 5.56 Å². The van der Waals surface area contributed by atoms with E-state index < -0.39 is 0 Å². The van der Waals surface area contributed by atoms with Gasteiger partial charge in [0.15, 0.2) is 6.29 Å². The molecule has 1 aliphatic rings. The molecule has 1 heterocycles. The molecule has 1 saturated carbocycles. The van der Waals surface area contributed by atoms with Crippen molar-refractivity contribution in [1.82, 2.24) is 4.57 Å². The van der Waals surface area contributed by atoms with E-state index in [9.17, 15) is 9.59 Å². The molecule has 13 heavy (non-hydrogen) atoms. The summed E-state index contributed by atoms with van der Waals surface area (Å²) in [4.78, 5) is 22.2. The number of hydrogen-bond acceptors (Lipinski definition) is 2. The van der Waals surface area contributed by atoms with Crippen LogP contribution >= 0.6 is 0 Å². The lowest BCUT2D eigenvalue weighted by molar-refractivity contribution is 0.112. The Balaban J connectivity index is 2.63. The molecule has 1 aromatic rings. The topological polar surface area (TPSA) is 39.1 Å². The second kappa shape index (κ2) is 2.83. The number of aromatic nitrogens is 1. The van der Waals surface area contributed by atoms with E-state index in [0.29, 0.717) is 12.3 Å². The largest absolute Gasteiger partial charge is 0.309 e. The van der Waals surface area contributed by atoms with Gasteiger partial charge in [-0.25, -0.2) is 0 Å². The lowest BCUT2D eigenvalue weighted by Crippen LogP contribution is -2.24. The predicted molar refractivity (Wildman–Crippen MR) is 49.1 cm³/mol. The molecular weight excluding hydrogens is 166 g/mol. The molecule has 3 heteroatoms. The summed E-state index contributed by atoms with van der Waals surface area (Å²) < 4.78 is 1.73. The number of hydrogen-bond donors (Lipinski definition) is 0. The Hall–Kier alpha value is -1.38. The average Bonchev–Trinajstić information content (AvgIpc) is 2.89. The van der Waals surface area contributed by atoms with Crippen molar-refractivity contribution in [2.75, 3.05) is 0 Å². The van der Waals surface area contributed by atoms with Gasteiger partial charge >= 0.3 is 0 Å². The van der Waals surface area contributed by atoms with Crippen molar-refractivity contribution in [3.8, 4) is 0 Å². The maximum Gasteiger partial charge on any atom is 0.261 e. The minimum Gasteiger partial charge on any atom is -0.309 e. The number of aldehydes is 1. The molecule has 0 unspecified atom stereocenters. The Kier molecular flexibility index (Phi) is 1.79. The zero-order valence-corrected chi connectivity index (χ0v) is 7.49. The van der Waals surface area contributed by atoms with Crippen LogP contribution in [0.25, 0.3) is 0 Å². The van der Waals surface area contributed by atoms with Crippen LogP contribution in [-0.4, -0.2) is 10.9 Å². The number of carbonyl (C=O) groups is 1. The maximum atomic E-state index is 11.6. The number of aryl methyl sites for hydroxylation is 1. The molecule has 1 fully saturated rings. The first-order chi connectivity index (χ1) is 6.24. The van der Waals surface area contributed by atoms with Gasteiger partial charge < -0.3 is 4.57 Å². The summed E-state index contributed by atoms with van der Waals surface area (Å²) in [5.41, 5.74) is 1.06. The van der Waals surface area contributed by atoms with Gasteiger partial charge in [0.2, 0.25) is 0 Å². The monoisotopic (exact) mass is 177 g/mol. The first-order valence-electron chi connectivity index (χ1n) is 4.41. The van der Waals surface area contributed by atoms with Gasteiger partial charge in [-0.3, -0.25) is 9.59 Å². The van der Waals surface area contributed by atoms with Crippen LogP contribution in [0.1, 0.15) is 34.9 Å². The molecule has 68 valence electrons. The zero-order valence-electron chi connectivity index (χ0n) is 7.49. The highest BCUT2D eigenvalue weighted by molar-refractivity contribution is 5.73. The van der Waals surface area contributed by atoms with E-state index in [1.807, 2.05) is 13.0 Å². The Morgan fingerprint density at radius 3 is 2.69 bits per heavy atom. The van der Waals surface area contributed by atoms with E-state index in [-0.39, 0.29) is 11.1 Å². The van der Waals surface area contributed by atoms with E-state index in [0.717, 1.165) is 18.5 Å². The van der Waals surface area contributed by atoms with Crippen molar-refractivity contribution < 1.29 is 4.79 Å². The van der Waals surface area contributed by atoms with Crippen molar-refractivity contribution >= 4 is 6.29 Å². The number of rotatable bonds is 2. The molecule has 0 N–H and O–H groups in total. The summed E-state index contributed by atoms with van der Waals surface area (Å²) in [5, 5.41) is 0. The van der Waals surface area contributed by atoms with E-state index >= 15 is 0 Å². The van der Waals surface area contributed by atoms with Gasteiger partial charge in [-0.15, -0.1) is 0 Å². The highest BCUT2D eigenvalue weighted by Gasteiger charge is 2.26. The van der Waals surface area contributed by atoms with Gasteiger partial charge in [0.25, 0.3) is 5.56 Å². The third-order valence-corrected chi connectivity index (χ3v) is 2.39. The second-order valence-electron chi connectivity index (χ2n) is 3.45. The number of nitrogens with zero attached hydrogens (tertiary/aromatic N) is 1. The van der Waals surface area contributed by atoms with E-state index in [1.165, 1.54) is 0 Å². The SMILES string of the molecule is Cc1ccc(C=O)c(=O)n1C1CC1. The Bertz CT molecular complexity index is 402. The summed E-state index contributed by atoms with van der Waals surface area (Å²) in [6.45, 7) is 1.90. The van der Waals surface area contributed by atoms with Crippen LogP contribution in [0.15, 0.2) is 16.9 Å². The van der Waals surface area contributed by atoms with Crippen molar-refractivity contribution in [3.63, 3.8) is 0 Å². The molecule has 1 aromatic heterocycles. The molecule has 2 rings (SSSR count). The lowest BCUT2D eigenvalue weighted by atomic mass is 10.2. The molecule has 1 aliphatic carbocycles. The first-order valence-corrected chi connectivity index (χ1v) is 4.41. The van der Waals surface area contributed by atoms with Crippen LogP contribution in [0.4, 0.5) is 0 Å². The molecule has 3 nitrogen and oxygen atoms in total. The van der Waals surface area contributed by atoms with Crippen LogP contribution in [-0.2, 0) is 0 Å². The summed E-state index contributed by atoms with van der Waals surface area (Å²) >= 11 is 0. The zero-order chi connectivity index (χ0) is 9.42. The van der Waals surface area contributed by atoms with Gasteiger partial charge in [0.1, 0.15) is 0 Å². The standard InChI is InChI=1S/C10H11NO2/c1-7-2-3-8(6-12)10(13)11(7)9-4-5-9/h2-3,6,9H,4-5H2,1H3. The minimum absolute atomic E-state index is 0.141. The van der Waals surface area contributed by atoms with Crippen LogP contribution in [0.2, 0.25) is 0 Å². The lowest BCUT2D eigenvalue weighted by Gasteiger charge is -2.07. The van der Waals surface area contributed by atoms with Crippen molar-refractivity contribution in [2.45, 2.75) is 25.8 Å². The van der Waals surface area contributed by atoms with Gasteiger partial charge in [0, 0.05) is 11.7 Å². The molecule has 0 bridgehead atoms. The second-order valence-corrected chi connectivity index (χ2v) is 3.45. The van der Waals surface area contributed by atoms with Crippen LogP contribution in [0.3, 0.4) is 0 Å². The van der Waals surface area contributed by atoms with Crippen molar-refractivity contribution in [1.29, 1.82) is 0 Å². The Morgan fingerprint density at radius 2 is 2.15 bits per heavy atom. The van der Waals surface area contributed by atoms with E-state index in [2.05, 4.69) is 0 Å². The minimum atomic E-state index is -0.141. The number of carbonyl (C=O) groups excluding carboxylic acids is 1. The van der Waals surface area contributed by atoms with Gasteiger partial charge in [-0.2, -0.15) is 0 Å². The summed E-state index contributed by atoms with van der Waals surface area (Å²) in [6, 6.07) is 3.75. The van der Waals surface area contributed by atoms with Gasteiger partial charge in [0.05, 0.1) is 5.56 Å². The normalized spacial score (nSPS) is 15.8. The fraction of sp³-hybridized carbons (Fsp3) is 0.400. The van der Waals surface area contributed by atoms with Gasteiger partial charge in [-0.05, 0) is 31.9 Å². The summed E-state index contributed by atoms with van der Waals surface area (Å²) in [5.74, 6) is 0. The fourth-order valence-electron chi connectivity index (χ4n) is 1.54. The molecule has 0 radical (unpaired) electrons. The highest BCUT2D eigenvalue weighted by atomic mass is 16.1. The Morgan fingerprint density at radius 1 is 1.46 bits per heavy atom. The highest BCUT2D eigenvalue weighted by Crippen LogP contribution is 2.34. The molecule has 0 amide bonds. The van der Waals surface area contributed by atoms with Crippen LogP contribution in [0.5, 0.6) is 0 Å². The van der Waals surface area contributed by atoms with Gasteiger partial charge in [-0.1, -0.05) is 0 Å². The predicted octanol–water partition coefficient (Wildman–Crippen LogP) is 1.30. The van der Waals surface area contributed by atoms with Crippen molar-refractivity contribution in [2.24, 2.45) is 0 Å². The third-order valence-electron chi connectivity index (χ3n) is 2.39. The first kappa shape index (κ1) is 8.23. The molecule has 0 atom stereocenters. The number of pyridine rings is 1. The molecule has 0 saturated heterocycles. The summed E-state index contributed by atoms with van der Waals surface area (Å²) in [7, 11) is 0. The quantitative estimate of drug-likeness (QED) is 0.639. The average molecular weight is 177 g/mol. The third kappa shape index (κ3) is 1.30. The van der Waals surface area contributed by atoms with Crippen LogP contribution in [0, 0.1) is 6.92 Å². The summed E-state index contributed by atoms with van der Waals surface area (Å²) in [6.07, 6.45) is 2.74. The molecular formula is C10H11NO2. The maximum absolute atomic E-state index is 11.6. The van der Waals surface area contributed by atoms with E-state index in [4.69, 9.17) is 0 Å². The smallest absolute Gasteiger partial charge is 0.261 e. The molecule has 0 spiro atoms. The fourth-order valence-corrected chi connectivity index (χ4v) is 1.54. The van der Waals surface area contributed by atoms with E-state index in [1.54, 1.807) is 10.6 Å².